The van der Waals surface area contributed by atoms with E-state index in [0.29, 0.717) is 12.1 Å². The normalized spacial score (nSPS) is 11.5. The zero-order valence-electron chi connectivity index (χ0n) is 15.4. The second kappa shape index (κ2) is 7.14. The van der Waals surface area contributed by atoms with Gasteiger partial charge >= 0.3 is 5.97 Å². The van der Waals surface area contributed by atoms with Crippen molar-refractivity contribution in [1.29, 1.82) is 0 Å². The molecule has 140 valence electrons. The first-order chi connectivity index (χ1) is 12.8. The van der Waals surface area contributed by atoms with Crippen molar-refractivity contribution in [3.05, 3.63) is 47.9 Å². The Bertz CT molecular complexity index is 1000. The molecule has 8 nitrogen and oxygen atoms in total. The molecule has 0 spiro atoms. The summed E-state index contributed by atoms with van der Waals surface area (Å²) in [7, 11) is 0. The highest BCUT2D eigenvalue weighted by atomic mass is 16.4. The van der Waals surface area contributed by atoms with Crippen molar-refractivity contribution >= 4 is 22.8 Å². The molecule has 1 amide bonds. The number of carbonyl (C=O) groups is 2. The van der Waals surface area contributed by atoms with Gasteiger partial charge in [-0.1, -0.05) is 23.4 Å². The van der Waals surface area contributed by atoms with Crippen LogP contribution in [-0.4, -0.2) is 42.5 Å². The van der Waals surface area contributed by atoms with E-state index in [4.69, 9.17) is 5.11 Å². The number of nitrogens with one attached hydrogen (secondary N) is 1. The van der Waals surface area contributed by atoms with E-state index in [-0.39, 0.29) is 18.0 Å². The number of pyridine rings is 1. The van der Waals surface area contributed by atoms with Gasteiger partial charge in [-0.2, -0.15) is 0 Å². The molecule has 2 aromatic heterocycles. The van der Waals surface area contributed by atoms with Gasteiger partial charge in [-0.25, -0.2) is 4.68 Å². The Kier molecular flexibility index (Phi) is 4.89. The largest absolute Gasteiger partial charge is 0.481 e. The number of amides is 1. The number of aromatic nitrogens is 4. The summed E-state index contributed by atoms with van der Waals surface area (Å²) < 4.78 is 1.59. The molecule has 1 aromatic carbocycles. The number of fused-ring (bicyclic) bond motifs is 1. The van der Waals surface area contributed by atoms with E-state index in [0.717, 1.165) is 16.6 Å². The van der Waals surface area contributed by atoms with Crippen LogP contribution in [0.2, 0.25) is 0 Å². The average molecular weight is 367 g/mol. The van der Waals surface area contributed by atoms with Crippen LogP contribution in [0, 0.1) is 6.92 Å². The summed E-state index contributed by atoms with van der Waals surface area (Å²) in [4.78, 5) is 27.8. The maximum absolute atomic E-state index is 12.6. The summed E-state index contributed by atoms with van der Waals surface area (Å²) in [6, 6.07) is 9.54. The Balaban J connectivity index is 1.89. The molecule has 3 rings (SSSR count). The highest BCUT2D eigenvalue weighted by molar-refractivity contribution is 5.94. The fraction of sp³-hybridized carbons (Fsp3) is 0.316. The van der Waals surface area contributed by atoms with Crippen molar-refractivity contribution in [2.45, 2.75) is 39.2 Å². The van der Waals surface area contributed by atoms with Crippen LogP contribution < -0.4 is 5.32 Å². The van der Waals surface area contributed by atoms with Gasteiger partial charge in [0.1, 0.15) is 0 Å². The van der Waals surface area contributed by atoms with Crippen LogP contribution in [-0.2, 0) is 4.79 Å². The maximum Gasteiger partial charge on any atom is 0.303 e. The number of carboxylic acids is 1. The number of hydrogen-bond donors (Lipinski definition) is 2. The van der Waals surface area contributed by atoms with Crippen LogP contribution in [0.5, 0.6) is 0 Å². The highest BCUT2D eigenvalue weighted by Gasteiger charge is 2.26. The predicted octanol–water partition coefficient (Wildman–Crippen LogP) is 2.50. The molecule has 0 unspecified atom stereocenters. The first kappa shape index (κ1) is 18.5. The molecular formula is C19H21N5O3. The van der Waals surface area contributed by atoms with Crippen molar-refractivity contribution in [2.24, 2.45) is 0 Å². The van der Waals surface area contributed by atoms with Crippen LogP contribution in [0.1, 0.15) is 42.9 Å². The number of carbonyl (C=O) groups excluding carboxylic acids is 1. The number of hydrogen-bond acceptors (Lipinski definition) is 5. The highest BCUT2D eigenvalue weighted by Crippen LogP contribution is 2.21. The van der Waals surface area contributed by atoms with Crippen LogP contribution >= 0.6 is 0 Å². The fourth-order valence-electron chi connectivity index (χ4n) is 2.88. The molecule has 2 N–H and O–H groups in total. The Hall–Kier alpha value is -3.29. The molecule has 0 bridgehead atoms. The quantitative estimate of drug-likeness (QED) is 0.693. The SMILES string of the molecule is Cc1c(C(=O)NC(C)(C)CCC(=O)O)nnn1-c1cccc2cccnc12. The molecule has 0 aliphatic carbocycles. The minimum Gasteiger partial charge on any atom is -0.481 e. The van der Waals surface area contributed by atoms with Gasteiger partial charge in [0, 0.05) is 23.5 Å². The lowest BCUT2D eigenvalue weighted by Crippen LogP contribution is -2.44. The molecule has 3 aromatic rings. The van der Waals surface area contributed by atoms with Crippen LogP contribution in [0.4, 0.5) is 0 Å². The third-order valence-corrected chi connectivity index (χ3v) is 4.37. The first-order valence-electron chi connectivity index (χ1n) is 8.59. The van der Waals surface area contributed by atoms with Gasteiger partial charge in [0.25, 0.3) is 5.91 Å². The lowest BCUT2D eigenvalue weighted by atomic mass is 9.98. The monoisotopic (exact) mass is 367 g/mol. The standard InChI is InChI=1S/C19H21N5O3/c1-12-16(18(27)21-19(2,3)10-9-15(25)26)22-23-24(12)14-8-4-6-13-7-5-11-20-17(13)14/h4-8,11H,9-10H2,1-3H3,(H,21,27)(H,25,26). The molecule has 0 fully saturated rings. The number of carboxylic acid groups (broad SMARTS) is 1. The minimum atomic E-state index is -0.900. The Labute approximate surface area is 156 Å². The van der Waals surface area contributed by atoms with Crippen LogP contribution in [0.25, 0.3) is 16.6 Å². The molecule has 27 heavy (non-hydrogen) atoms. The van der Waals surface area contributed by atoms with E-state index in [2.05, 4.69) is 20.6 Å². The molecule has 0 saturated carbocycles. The topological polar surface area (TPSA) is 110 Å². The van der Waals surface area contributed by atoms with Gasteiger partial charge in [-0.05, 0) is 39.3 Å². The van der Waals surface area contributed by atoms with Crippen molar-refractivity contribution in [1.82, 2.24) is 25.3 Å². The number of nitrogens with zero attached hydrogens (tertiary/aromatic N) is 4. The summed E-state index contributed by atoms with van der Waals surface area (Å²) in [5.74, 6) is -1.29. The third-order valence-electron chi connectivity index (χ3n) is 4.37. The zero-order chi connectivity index (χ0) is 19.6. The summed E-state index contributed by atoms with van der Waals surface area (Å²) in [6.07, 6.45) is 1.99. The summed E-state index contributed by atoms with van der Waals surface area (Å²) in [5.41, 5.74) is 1.61. The zero-order valence-corrected chi connectivity index (χ0v) is 15.4. The predicted molar refractivity (Wildman–Crippen MR) is 99.8 cm³/mol. The first-order valence-corrected chi connectivity index (χ1v) is 8.59. The fourth-order valence-corrected chi connectivity index (χ4v) is 2.88. The molecule has 0 aliphatic rings. The maximum atomic E-state index is 12.6. The summed E-state index contributed by atoms with van der Waals surface area (Å²) in [5, 5.41) is 20.8. The van der Waals surface area contributed by atoms with E-state index in [9.17, 15) is 9.59 Å². The molecule has 8 heteroatoms. The van der Waals surface area contributed by atoms with Gasteiger partial charge in [0.15, 0.2) is 5.69 Å². The smallest absolute Gasteiger partial charge is 0.303 e. The van der Waals surface area contributed by atoms with Crippen LogP contribution in [0.3, 0.4) is 0 Å². The number of para-hydroxylation sites is 1. The van der Waals surface area contributed by atoms with Gasteiger partial charge in [-0.3, -0.25) is 14.6 Å². The molecule has 0 radical (unpaired) electrons. The van der Waals surface area contributed by atoms with Crippen molar-refractivity contribution < 1.29 is 14.7 Å². The van der Waals surface area contributed by atoms with Gasteiger partial charge in [0.05, 0.1) is 16.9 Å². The minimum absolute atomic E-state index is 0.0272. The van der Waals surface area contributed by atoms with Crippen molar-refractivity contribution in [3.63, 3.8) is 0 Å². The van der Waals surface area contributed by atoms with E-state index in [1.165, 1.54) is 0 Å². The Morgan fingerprint density at radius 1 is 1.22 bits per heavy atom. The van der Waals surface area contributed by atoms with E-state index < -0.39 is 11.5 Å². The van der Waals surface area contributed by atoms with Gasteiger partial charge in [-0.15, -0.1) is 5.10 Å². The summed E-state index contributed by atoms with van der Waals surface area (Å²) >= 11 is 0. The average Bonchev–Trinajstić information content (AvgIpc) is 3.01. The Morgan fingerprint density at radius 3 is 2.70 bits per heavy atom. The Morgan fingerprint density at radius 2 is 1.96 bits per heavy atom. The summed E-state index contributed by atoms with van der Waals surface area (Å²) in [6.45, 7) is 5.32. The molecule has 0 aliphatic heterocycles. The second-order valence-electron chi connectivity index (χ2n) is 7.02. The van der Waals surface area contributed by atoms with E-state index >= 15 is 0 Å². The molecule has 0 atom stereocenters. The lowest BCUT2D eigenvalue weighted by molar-refractivity contribution is -0.137. The van der Waals surface area contributed by atoms with Crippen LogP contribution in [0.15, 0.2) is 36.5 Å². The van der Waals surface area contributed by atoms with E-state index in [1.54, 1.807) is 31.6 Å². The third kappa shape index (κ3) is 3.94. The molecule has 0 saturated heterocycles. The number of rotatable bonds is 6. The van der Waals surface area contributed by atoms with Crippen molar-refractivity contribution in [2.75, 3.05) is 0 Å². The lowest BCUT2D eigenvalue weighted by Gasteiger charge is -2.25. The van der Waals surface area contributed by atoms with E-state index in [1.807, 2.05) is 30.3 Å². The molecule has 2 heterocycles. The second-order valence-corrected chi connectivity index (χ2v) is 7.02. The number of aliphatic carboxylic acids is 1. The molecular weight excluding hydrogens is 346 g/mol. The van der Waals surface area contributed by atoms with Crippen molar-refractivity contribution in [3.8, 4) is 5.69 Å². The number of benzene rings is 1. The van der Waals surface area contributed by atoms with Gasteiger partial charge < -0.3 is 10.4 Å². The van der Waals surface area contributed by atoms with Gasteiger partial charge in [0.2, 0.25) is 0 Å².